The van der Waals surface area contributed by atoms with Gasteiger partial charge in [0.1, 0.15) is 11.9 Å². The van der Waals surface area contributed by atoms with Gasteiger partial charge in [-0.3, -0.25) is 0 Å². The van der Waals surface area contributed by atoms with Crippen LogP contribution in [0.25, 0.3) is 0 Å². The second-order valence-electron chi connectivity index (χ2n) is 4.40. The van der Waals surface area contributed by atoms with E-state index in [1.54, 1.807) is 6.07 Å². The van der Waals surface area contributed by atoms with Crippen LogP contribution >= 0.6 is 0 Å². The van der Waals surface area contributed by atoms with Crippen molar-refractivity contribution in [1.82, 2.24) is 9.97 Å². The maximum atomic E-state index is 5.60. The second kappa shape index (κ2) is 6.09. The van der Waals surface area contributed by atoms with Crippen LogP contribution < -0.4 is 9.47 Å². The van der Waals surface area contributed by atoms with Crippen LogP contribution in [0, 0.1) is 11.8 Å². The third-order valence-electron chi connectivity index (χ3n) is 1.62. The van der Waals surface area contributed by atoms with Crippen LogP contribution in [0.4, 0.5) is 0 Å². The highest BCUT2D eigenvalue weighted by molar-refractivity contribution is 5.19. The van der Waals surface area contributed by atoms with E-state index >= 15 is 0 Å². The molecule has 0 radical (unpaired) electrons. The fraction of sp³-hybridized carbons (Fsp3) is 0.538. The Morgan fingerprint density at radius 3 is 2.53 bits per heavy atom. The smallest absolute Gasteiger partial charge is 0.221 e. The zero-order valence-corrected chi connectivity index (χ0v) is 10.8. The SMILES string of the molecule is CCC#CCOc1cc(OC(C)(C)C)ncn1. The van der Waals surface area contributed by atoms with Gasteiger partial charge in [0.25, 0.3) is 0 Å². The lowest BCUT2D eigenvalue weighted by Crippen LogP contribution is -2.23. The molecule has 0 amide bonds. The molecule has 4 heteroatoms. The molecule has 92 valence electrons. The summed E-state index contributed by atoms with van der Waals surface area (Å²) in [7, 11) is 0. The van der Waals surface area contributed by atoms with Crippen LogP contribution in [0.3, 0.4) is 0 Å². The standard InChI is InChI=1S/C13H18N2O2/c1-5-6-7-8-16-11-9-12(15-10-14-11)17-13(2,3)4/h9-10H,5,8H2,1-4H3. The molecule has 1 heterocycles. The Hall–Kier alpha value is -1.76. The summed E-state index contributed by atoms with van der Waals surface area (Å²) in [5.41, 5.74) is -0.284. The number of nitrogens with zero attached hydrogens (tertiary/aromatic N) is 2. The molecule has 0 aliphatic carbocycles. The highest BCUT2D eigenvalue weighted by atomic mass is 16.5. The number of ether oxygens (including phenoxy) is 2. The Morgan fingerprint density at radius 1 is 1.18 bits per heavy atom. The van der Waals surface area contributed by atoms with E-state index in [2.05, 4.69) is 21.8 Å². The van der Waals surface area contributed by atoms with E-state index in [1.807, 2.05) is 27.7 Å². The third kappa shape index (κ3) is 5.76. The van der Waals surface area contributed by atoms with E-state index in [4.69, 9.17) is 9.47 Å². The molecule has 0 saturated heterocycles. The van der Waals surface area contributed by atoms with Gasteiger partial charge in [-0.1, -0.05) is 12.8 Å². The molecule has 1 rings (SSSR count). The van der Waals surface area contributed by atoms with Crippen LogP contribution in [0.15, 0.2) is 12.4 Å². The Bertz CT molecular complexity index is 413. The first kappa shape index (κ1) is 13.3. The van der Waals surface area contributed by atoms with Crippen molar-refractivity contribution in [2.75, 3.05) is 6.61 Å². The fourth-order valence-electron chi connectivity index (χ4n) is 1.06. The predicted molar refractivity (Wildman–Crippen MR) is 66.0 cm³/mol. The van der Waals surface area contributed by atoms with Crippen molar-refractivity contribution in [3.63, 3.8) is 0 Å². The maximum Gasteiger partial charge on any atom is 0.221 e. The molecule has 1 aromatic heterocycles. The average Bonchev–Trinajstić information content (AvgIpc) is 2.23. The summed E-state index contributed by atoms with van der Waals surface area (Å²) >= 11 is 0. The molecule has 0 bridgehead atoms. The summed E-state index contributed by atoms with van der Waals surface area (Å²) in [5.74, 6) is 6.78. The molecular formula is C13H18N2O2. The summed E-state index contributed by atoms with van der Waals surface area (Å²) < 4.78 is 11.0. The zero-order chi connectivity index (χ0) is 12.7. The highest BCUT2D eigenvalue weighted by Gasteiger charge is 2.13. The molecule has 0 aliphatic rings. The van der Waals surface area contributed by atoms with Crippen molar-refractivity contribution in [2.24, 2.45) is 0 Å². The summed E-state index contributed by atoms with van der Waals surface area (Å²) in [6.45, 7) is 8.21. The molecule has 0 unspecified atom stereocenters. The topological polar surface area (TPSA) is 44.2 Å². The lowest BCUT2D eigenvalue weighted by molar-refractivity contribution is 0.123. The van der Waals surface area contributed by atoms with E-state index < -0.39 is 0 Å². The molecule has 0 aromatic carbocycles. The van der Waals surface area contributed by atoms with Crippen LogP contribution in [-0.2, 0) is 0 Å². The van der Waals surface area contributed by atoms with Gasteiger partial charge in [-0.2, -0.15) is 0 Å². The van der Waals surface area contributed by atoms with Gasteiger partial charge < -0.3 is 9.47 Å². The Morgan fingerprint density at radius 2 is 1.88 bits per heavy atom. The van der Waals surface area contributed by atoms with Crippen LogP contribution in [0.2, 0.25) is 0 Å². The van der Waals surface area contributed by atoms with E-state index in [0.29, 0.717) is 18.4 Å². The quantitative estimate of drug-likeness (QED) is 0.753. The minimum atomic E-state index is -0.284. The zero-order valence-electron chi connectivity index (χ0n) is 10.8. The monoisotopic (exact) mass is 234 g/mol. The molecule has 17 heavy (non-hydrogen) atoms. The van der Waals surface area contributed by atoms with Crippen LogP contribution in [0.5, 0.6) is 11.8 Å². The molecule has 0 N–H and O–H groups in total. The van der Waals surface area contributed by atoms with E-state index in [0.717, 1.165) is 6.42 Å². The van der Waals surface area contributed by atoms with Crippen molar-refractivity contribution in [1.29, 1.82) is 0 Å². The molecule has 4 nitrogen and oxygen atoms in total. The normalized spacial score (nSPS) is 10.4. The third-order valence-corrected chi connectivity index (χ3v) is 1.62. The van der Waals surface area contributed by atoms with Gasteiger partial charge >= 0.3 is 0 Å². The lowest BCUT2D eigenvalue weighted by Gasteiger charge is -2.20. The summed E-state index contributed by atoms with van der Waals surface area (Å²) in [6.07, 6.45) is 2.25. The number of aromatic nitrogens is 2. The van der Waals surface area contributed by atoms with E-state index in [1.165, 1.54) is 6.33 Å². The summed E-state index contributed by atoms with van der Waals surface area (Å²) in [4.78, 5) is 8.01. The van der Waals surface area contributed by atoms with Crippen LogP contribution in [-0.4, -0.2) is 22.2 Å². The van der Waals surface area contributed by atoms with Gasteiger partial charge in [0.05, 0.1) is 6.07 Å². The van der Waals surface area contributed by atoms with Gasteiger partial charge in [0, 0.05) is 6.42 Å². The predicted octanol–water partition coefficient (Wildman–Crippen LogP) is 2.45. The number of rotatable bonds is 3. The van der Waals surface area contributed by atoms with Gasteiger partial charge in [-0.15, -0.1) is 5.92 Å². The Balaban J connectivity index is 2.60. The average molecular weight is 234 g/mol. The van der Waals surface area contributed by atoms with E-state index in [-0.39, 0.29) is 5.60 Å². The Labute approximate surface area is 102 Å². The molecular weight excluding hydrogens is 216 g/mol. The van der Waals surface area contributed by atoms with Crippen molar-refractivity contribution < 1.29 is 9.47 Å². The number of hydrogen-bond acceptors (Lipinski definition) is 4. The lowest BCUT2D eigenvalue weighted by atomic mass is 10.2. The molecule has 0 fully saturated rings. The first-order valence-corrected chi connectivity index (χ1v) is 5.61. The van der Waals surface area contributed by atoms with Crippen LogP contribution in [0.1, 0.15) is 34.1 Å². The van der Waals surface area contributed by atoms with E-state index in [9.17, 15) is 0 Å². The van der Waals surface area contributed by atoms with Gasteiger partial charge in [0.2, 0.25) is 11.8 Å². The molecule has 0 spiro atoms. The molecule has 0 aliphatic heterocycles. The first-order chi connectivity index (χ1) is 8.01. The molecule has 0 atom stereocenters. The van der Waals surface area contributed by atoms with Crippen molar-refractivity contribution in [3.8, 4) is 23.6 Å². The molecule has 1 aromatic rings. The van der Waals surface area contributed by atoms with Crippen molar-refractivity contribution in [3.05, 3.63) is 12.4 Å². The second-order valence-corrected chi connectivity index (χ2v) is 4.40. The first-order valence-electron chi connectivity index (χ1n) is 5.61. The van der Waals surface area contributed by atoms with Crippen molar-refractivity contribution >= 4 is 0 Å². The largest absolute Gasteiger partial charge is 0.472 e. The molecule has 0 saturated carbocycles. The Kier molecular flexibility index (Phi) is 4.77. The minimum absolute atomic E-state index is 0.284. The summed E-state index contributed by atoms with van der Waals surface area (Å²) in [6, 6.07) is 1.67. The maximum absolute atomic E-state index is 5.60. The summed E-state index contributed by atoms with van der Waals surface area (Å²) in [5, 5.41) is 0. The van der Waals surface area contributed by atoms with Gasteiger partial charge in [0.15, 0.2) is 6.61 Å². The number of hydrogen-bond donors (Lipinski definition) is 0. The van der Waals surface area contributed by atoms with Gasteiger partial charge in [-0.05, 0) is 20.8 Å². The minimum Gasteiger partial charge on any atom is -0.472 e. The van der Waals surface area contributed by atoms with Gasteiger partial charge in [-0.25, -0.2) is 9.97 Å². The highest BCUT2D eigenvalue weighted by Crippen LogP contribution is 2.18. The fourth-order valence-corrected chi connectivity index (χ4v) is 1.06. The van der Waals surface area contributed by atoms with Crippen molar-refractivity contribution in [2.45, 2.75) is 39.7 Å².